The highest BCUT2D eigenvalue weighted by molar-refractivity contribution is 7.89. The Morgan fingerprint density at radius 1 is 0.946 bits per heavy atom. The number of fused-ring (bicyclic) bond motifs is 1. The highest BCUT2D eigenvalue weighted by Gasteiger charge is 2.44. The molecule has 37 heavy (non-hydrogen) atoms. The number of nitrogens with zero attached hydrogens (tertiary/aromatic N) is 1. The number of sulfonamides is 1. The average Bonchev–Trinajstić information content (AvgIpc) is 2.91. The molecule has 10 heteroatoms. The molecule has 3 aromatic rings. The van der Waals surface area contributed by atoms with Crippen LogP contribution in [-0.2, 0) is 26.0 Å². The monoisotopic (exact) mass is 521 g/mol. The Hall–Kier alpha value is -3.60. The van der Waals surface area contributed by atoms with Crippen LogP contribution in [0.1, 0.15) is 30.4 Å². The summed E-state index contributed by atoms with van der Waals surface area (Å²) in [6.45, 7) is 0.360. The van der Waals surface area contributed by atoms with E-state index in [1.54, 1.807) is 59.5 Å². The van der Waals surface area contributed by atoms with E-state index in [4.69, 9.17) is 16.9 Å². The van der Waals surface area contributed by atoms with Gasteiger partial charge in [-0.15, -0.1) is 0 Å². The van der Waals surface area contributed by atoms with Crippen LogP contribution in [0.25, 0.3) is 10.8 Å². The van der Waals surface area contributed by atoms with Crippen LogP contribution < -0.4 is 16.2 Å². The zero-order valence-electron chi connectivity index (χ0n) is 20.4. The Morgan fingerprint density at radius 2 is 1.59 bits per heavy atom. The highest BCUT2D eigenvalue weighted by Crippen LogP contribution is 2.23. The number of piperidine rings is 1. The van der Waals surface area contributed by atoms with Crippen molar-refractivity contribution in [3.63, 3.8) is 0 Å². The first-order valence-electron chi connectivity index (χ1n) is 12.1. The lowest BCUT2D eigenvalue weighted by atomic mass is 9.85. The lowest BCUT2D eigenvalue weighted by Gasteiger charge is -2.35. The molecule has 1 aliphatic heterocycles. The normalized spacial score (nSPS) is 15.8. The Morgan fingerprint density at radius 3 is 2.27 bits per heavy atom. The van der Waals surface area contributed by atoms with Gasteiger partial charge in [0.1, 0.15) is 5.84 Å². The van der Waals surface area contributed by atoms with Crippen molar-refractivity contribution in [2.75, 3.05) is 19.6 Å². The van der Waals surface area contributed by atoms with E-state index < -0.39 is 33.8 Å². The molecule has 1 fully saturated rings. The third kappa shape index (κ3) is 5.71. The van der Waals surface area contributed by atoms with E-state index in [1.165, 1.54) is 6.07 Å². The minimum atomic E-state index is -4.07. The summed E-state index contributed by atoms with van der Waals surface area (Å²) in [6, 6.07) is 18.5. The number of Topliss-reactive ketones (excluding diaryl/α,β-unsaturated/α-hetero) is 1. The zero-order chi connectivity index (χ0) is 26.6. The quantitative estimate of drug-likeness (QED) is 0.191. The minimum Gasteiger partial charge on any atom is -0.384 e. The van der Waals surface area contributed by atoms with Crippen LogP contribution in [0.2, 0.25) is 0 Å². The molecule has 1 atom stereocenters. The maximum absolute atomic E-state index is 13.6. The first-order valence-corrected chi connectivity index (χ1v) is 13.6. The number of carbonyl (C=O) groups excluding carboxylic acids is 2. The van der Waals surface area contributed by atoms with Gasteiger partial charge in [-0.2, -0.15) is 0 Å². The number of nitrogen functional groups attached to an aromatic ring is 1. The standard InChI is InChI=1S/C27H31N5O4S/c28-25(29)21-13-11-19(12-14-21)17-27(30,26(34)32-15-4-1-5-16-32)24(33)18-31-37(35,36)23-10-6-8-20-7-2-3-9-22(20)23/h2-3,6-14,31H,1,4-5,15-18,30H2,(H3,28,29). The number of carbonyl (C=O) groups is 2. The van der Waals surface area contributed by atoms with Crippen LogP contribution in [0.4, 0.5) is 0 Å². The predicted octanol–water partition coefficient (Wildman–Crippen LogP) is 1.92. The lowest BCUT2D eigenvalue weighted by Crippen LogP contribution is -2.64. The third-order valence-electron chi connectivity index (χ3n) is 6.73. The maximum atomic E-state index is 13.6. The van der Waals surface area contributed by atoms with Crippen molar-refractivity contribution >= 4 is 38.3 Å². The first-order chi connectivity index (χ1) is 17.6. The molecule has 6 N–H and O–H groups in total. The van der Waals surface area contributed by atoms with Crippen molar-refractivity contribution in [1.82, 2.24) is 9.62 Å². The first kappa shape index (κ1) is 26.5. The van der Waals surface area contributed by atoms with Gasteiger partial charge < -0.3 is 16.4 Å². The molecule has 0 bridgehead atoms. The van der Waals surface area contributed by atoms with Crippen molar-refractivity contribution in [2.45, 2.75) is 36.1 Å². The van der Waals surface area contributed by atoms with Crippen molar-refractivity contribution in [1.29, 1.82) is 5.41 Å². The van der Waals surface area contributed by atoms with Crippen LogP contribution >= 0.6 is 0 Å². The van der Waals surface area contributed by atoms with Gasteiger partial charge in [-0.25, -0.2) is 13.1 Å². The average molecular weight is 522 g/mol. The predicted molar refractivity (Wildman–Crippen MR) is 143 cm³/mol. The van der Waals surface area contributed by atoms with Gasteiger partial charge >= 0.3 is 0 Å². The number of amides is 1. The van der Waals surface area contributed by atoms with E-state index in [2.05, 4.69) is 4.72 Å². The molecule has 1 amide bonds. The van der Waals surface area contributed by atoms with Gasteiger partial charge in [0.2, 0.25) is 10.0 Å². The molecule has 0 radical (unpaired) electrons. The minimum absolute atomic E-state index is 0.0446. The molecule has 4 rings (SSSR count). The fourth-order valence-electron chi connectivity index (χ4n) is 4.62. The largest absolute Gasteiger partial charge is 0.384 e. The molecule has 0 aromatic heterocycles. The summed E-state index contributed by atoms with van der Waals surface area (Å²) in [5, 5.41) is 8.84. The van der Waals surface area contributed by atoms with Gasteiger partial charge in [-0.1, -0.05) is 60.7 Å². The lowest BCUT2D eigenvalue weighted by molar-refractivity contribution is -0.143. The molecule has 194 valence electrons. The molecule has 0 saturated carbocycles. The van der Waals surface area contributed by atoms with E-state index in [0.29, 0.717) is 29.6 Å². The number of ketones is 1. The molecule has 1 saturated heterocycles. The van der Waals surface area contributed by atoms with Crippen LogP contribution in [0, 0.1) is 5.41 Å². The summed E-state index contributed by atoms with van der Waals surface area (Å²) < 4.78 is 28.7. The van der Waals surface area contributed by atoms with E-state index in [1.807, 2.05) is 6.07 Å². The van der Waals surface area contributed by atoms with Crippen LogP contribution in [0.15, 0.2) is 71.6 Å². The number of rotatable bonds is 9. The number of nitrogens with one attached hydrogen (secondary N) is 2. The van der Waals surface area contributed by atoms with Gasteiger partial charge in [0.25, 0.3) is 5.91 Å². The molecular weight excluding hydrogens is 490 g/mol. The molecule has 0 spiro atoms. The molecule has 1 heterocycles. The summed E-state index contributed by atoms with van der Waals surface area (Å²) in [4.78, 5) is 28.7. The Bertz CT molecular complexity index is 1430. The van der Waals surface area contributed by atoms with Gasteiger partial charge in [-0.05, 0) is 36.3 Å². The van der Waals surface area contributed by atoms with Crippen molar-refractivity contribution in [3.8, 4) is 0 Å². The van der Waals surface area contributed by atoms with Crippen molar-refractivity contribution < 1.29 is 18.0 Å². The smallest absolute Gasteiger partial charge is 0.250 e. The second-order valence-corrected chi connectivity index (χ2v) is 11.1. The van der Waals surface area contributed by atoms with Crippen molar-refractivity contribution in [3.05, 3.63) is 77.9 Å². The van der Waals surface area contributed by atoms with E-state index in [9.17, 15) is 18.0 Å². The van der Waals surface area contributed by atoms with Crippen LogP contribution in [0.3, 0.4) is 0 Å². The number of nitrogens with two attached hydrogens (primary N) is 2. The van der Waals surface area contributed by atoms with E-state index in [0.717, 1.165) is 24.6 Å². The van der Waals surface area contributed by atoms with Gasteiger partial charge in [0, 0.05) is 30.5 Å². The molecular formula is C27H31N5O4S. The second-order valence-electron chi connectivity index (χ2n) is 9.34. The zero-order valence-corrected chi connectivity index (χ0v) is 21.3. The summed E-state index contributed by atoms with van der Waals surface area (Å²) in [5.74, 6) is -1.34. The number of hydrogen-bond donors (Lipinski definition) is 4. The molecule has 1 aliphatic rings. The number of benzene rings is 3. The highest BCUT2D eigenvalue weighted by atomic mass is 32.2. The summed E-state index contributed by atoms with van der Waals surface area (Å²) in [7, 11) is -4.07. The fourth-order valence-corrected chi connectivity index (χ4v) is 5.83. The van der Waals surface area contributed by atoms with E-state index >= 15 is 0 Å². The Kier molecular flexibility index (Phi) is 7.72. The molecule has 1 unspecified atom stereocenters. The molecule has 0 aliphatic carbocycles. The summed E-state index contributed by atoms with van der Waals surface area (Å²) in [5.41, 5.74) is 11.2. The summed E-state index contributed by atoms with van der Waals surface area (Å²) in [6.07, 6.45) is 2.51. The Labute approximate surface area is 216 Å². The van der Waals surface area contributed by atoms with Gasteiger partial charge in [0.05, 0.1) is 11.4 Å². The van der Waals surface area contributed by atoms with Crippen LogP contribution in [0.5, 0.6) is 0 Å². The molecule has 9 nitrogen and oxygen atoms in total. The number of amidine groups is 1. The summed E-state index contributed by atoms with van der Waals surface area (Å²) >= 11 is 0. The second kappa shape index (κ2) is 10.8. The Balaban J connectivity index is 1.60. The molecule has 3 aromatic carbocycles. The fraction of sp³-hybridized carbons (Fsp3) is 0.296. The third-order valence-corrected chi connectivity index (χ3v) is 8.19. The number of hydrogen-bond acceptors (Lipinski definition) is 6. The number of likely N-dealkylation sites (tertiary alicyclic amines) is 1. The topological polar surface area (TPSA) is 159 Å². The van der Waals surface area contributed by atoms with Crippen molar-refractivity contribution in [2.24, 2.45) is 11.5 Å². The van der Waals surface area contributed by atoms with E-state index in [-0.39, 0.29) is 17.2 Å². The van der Waals surface area contributed by atoms with Gasteiger partial charge in [0.15, 0.2) is 11.3 Å². The van der Waals surface area contributed by atoms with Crippen LogP contribution in [-0.4, -0.2) is 56.0 Å². The van der Waals surface area contributed by atoms with Gasteiger partial charge in [-0.3, -0.25) is 15.0 Å². The maximum Gasteiger partial charge on any atom is 0.250 e. The SMILES string of the molecule is N=C(N)c1ccc(CC(N)(C(=O)CNS(=O)(=O)c2cccc3ccccc23)C(=O)N2CCCCC2)cc1.